The number of hydrogen-bond donors (Lipinski definition) is 1. The van der Waals surface area contributed by atoms with Crippen molar-refractivity contribution in [2.45, 2.75) is 25.8 Å². The number of ether oxygens (including phenoxy) is 1. The average Bonchev–Trinajstić information content (AvgIpc) is 2.75. The second-order valence-corrected chi connectivity index (χ2v) is 7.09. The number of aliphatic hydroxyl groups excluding tert-OH is 1. The minimum Gasteiger partial charge on any atom is -0.491 e. The topological polar surface area (TPSA) is 50.5 Å². The van der Waals surface area contributed by atoms with E-state index in [9.17, 15) is 5.11 Å². The predicted octanol–water partition coefficient (Wildman–Crippen LogP) is 2.79. The summed E-state index contributed by atoms with van der Waals surface area (Å²) in [6, 6.07) is 4.09. The smallest absolute Gasteiger partial charge is 0.206 e. The third-order valence-electron chi connectivity index (χ3n) is 4.60. The molecule has 1 aromatic heterocycles. The minimum atomic E-state index is 0.261. The first-order chi connectivity index (χ1) is 10.8. The maximum Gasteiger partial charge on any atom is 0.206 e. The highest BCUT2D eigenvalue weighted by Crippen LogP contribution is 2.36. The van der Waals surface area contributed by atoms with Crippen LogP contribution in [0.25, 0.3) is 11.0 Å². The zero-order valence-electron chi connectivity index (χ0n) is 12.5. The van der Waals surface area contributed by atoms with Gasteiger partial charge in [-0.3, -0.25) is 0 Å². The van der Waals surface area contributed by atoms with E-state index in [1.165, 1.54) is 0 Å². The zero-order chi connectivity index (χ0) is 15.1. The van der Waals surface area contributed by atoms with Gasteiger partial charge in [0.25, 0.3) is 0 Å². The van der Waals surface area contributed by atoms with Gasteiger partial charge in [0.1, 0.15) is 11.3 Å². The molecule has 1 atom stereocenters. The number of aromatic nitrogens is 2. The molecule has 2 aliphatic rings. The van der Waals surface area contributed by atoms with Gasteiger partial charge in [0, 0.05) is 30.7 Å². The van der Waals surface area contributed by atoms with Crippen molar-refractivity contribution >= 4 is 32.9 Å². The number of nitrogens with zero attached hydrogens (tertiary/aromatic N) is 3. The lowest BCUT2D eigenvalue weighted by atomic mass is 9.99. The van der Waals surface area contributed by atoms with Crippen molar-refractivity contribution in [2.75, 3.05) is 31.2 Å². The fourth-order valence-electron chi connectivity index (χ4n) is 3.55. The summed E-state index contributed by atoms with van der Waals surface area (Å²) < 4.78 is 9.19. The van der Waals surface area contributed by atoms with Gasteiger partial charge in [0.2, 0.25) is 5.95 Å². The van der Waals surface area contributed by atoms with Gasteiger partial charge in [-0.05, 0) is 37.3 Å². The molecular formula is C16H20BrN3O2. The molecule has 1 saturated heterocycles. The van der Waals surface area contributed by atoms with Crippen molar-refractivity contribution in [1.29, 1.82) is 0 Å². The van der Waals surface area contributed by atoms with E-state index < -0.39 is 0 Å². The van der Waals surface area contributed by atoms with Crippen molar-refractivity contribution < 1.29 is 9.84 Å². The molecule has 0 unspecified atom stereocenters. The van der Waals surface area contributed by atoms with Gasteiger partial charge < -0.3 is 19.3 Å². The van der Waals surface area contributed by atoms with E-state index in [2.05, 4.69) is 31.5 Å². The Morgan fingerprint density at radius 3 is 3.09 bits per heavy atom. The van der Waals surface area contributed by atoms with E-state index in [1.54, 1.807) is 0 Å². The molecule has 22 heavy (non-hydrogen) atoms. The Balaban J connectivity index is 1.82. The summed E-state index contributed by atoms with van der Waals surface area (Å²) >= 11 is 3.55. The minimum absolute atomic E-state index is 0.261. The van der Waals surface area contributed by atoms with Gasteiger partial charge in [-0.25, -0.2) is 4.98 Å². The van der Waals surface area contributed by atoms with Gasteiger partial charge >= 0.3 is 0 Å². The largest absolute Gasteiger partial charge is 0.491 e. The van der Waals surface area contributed by atoms with Crippen molar-refractivity contribution in [1.82, 2.24) is 9.55 Å². The lowest BCUT2D eigenvalue weighted by Gasteiger charge is -2.32. The van der Waals surface area contributed by atoms with E-state index >= 15 is 0 Å². The summed E-state index contributed by atoms with van der Waals surface area (Å²) in [7, 11) is 0. The molecule has 1 aromatic carbocycles. The highest BCUT2D eigenvalue weighted by atomic mass is 79.9. The van der Waals surface area contributed by atoms with Crippen molar-refractivity contribution in [3.8, 4) is 5.75 Å². The number of imidazole rings is 1. The van der Waals surface area contributed by atoms with Crippen LogP contribution in [0.15, 0.2) is 16.6 Å². The number of aliphatic hydroxyl groups is 1. The Morgan fingerprint density at radius 2 is 2.23 bits per heavy atom. The number of piperidine rings is 1. The van der Waals surface area contributed by atoms with Crippen LogP contribution >= 0.6 is 15.9 Å². The van der Waals surface area contributed by atoms with Gasteiger partial charge in [-0.2, -0.15) is 0 Å². The number of halogens is 1. The third-order valence-corrected chi connectivity index (χ3v) is 5.05. The van der Waals surface area contributed by atoms with Crippen LogP contribution in [-0.4, -0.2) is 41.0 Å². The molecule has 0 bridgehead atoms. The van der Waals surface area contributed by atoms with Crippen LogP contribution in [0, 0.1) is 5.92 Å². The van der Waals surface area contributed by atoms with Crippen LogP contribution < -0.4 is 9.64 Å². The molecule has 0 saturated carbocycles. The fraction of sp³-hybridized carbons (Fsp3) is 0.562. The second-order valence-electron chi connectivity index (χ2n) is 6.17. The summed E-state index contributed by atoms with van der Waals surface area (Å²) in [6.45, 7) is 3.83. The summed E-state index contributed by atoms with van der Waals surface area (Å²) in [5.41, 5.74) is 2.08. The number of rotatable bonds is 2. The SMILES string of the molecule is OC[C@@H]1CCCN(c2nc3cc(Br)cc4c3n2CCCO4)C1. The third kappa shape index (κ3) is 2.38. The Morgan fingerprint density at radius 1 is 1.32 bits per heavy atom. The quantitative estimate of drug-likeness (QED) is 0.888. The number of benzene rings is 1. The highest BCUT2D eigenvalue weighted by Gasteiger charge is 2.26. The molecule has 2 aliphatic heterocycles. The van der Waals surface area contributed by atoms with Crippen molar-refractivity contribution in [2.24, 2.45) is 5.92 Å². The van der Waals surface area contributed by atoms with Crippen LogP contribution in [0.5, 0.6) is 5.75 Å². The first kappa shape index (κ1) is 14.3. The van der Waals surface area contributed by atoms with Crippen LogP contribution in [0.2, 0.25) is 0 Å². The molecule has 0 amide bonds. The molecule has 6 heteroatoms. The zero-order valence-corrected chi connectivity index (χ0v) is 14.0. The molecule has 3 heterocycles. The van der Waals surface area contributed by atoms with E-state index in [1.807, 2.05) is 6.07 Å². The summed E-state index contributed by atoms with van der Waals surface area (Å²) in [6.07, 6.45) is 3.21. The van der Waals surface area contributed by atoms with Crippen molar-refractivity contribution in [3.05, 3.63) is 16.6 Å². The normalized spacial score (nSPS) is 21.7. The highest BCUT2D eigenvalue weighted by molar-refractivity contribution is 9.10. The Labute approximate surface area is 138 Å². The van der Waals surface area contributed by atoms with Crippen LogP contribution in [0.1, 0.15) is 19.3 Å². The average molecular weight is 366 g/mol. The van der Waals surface area contributed by atoms with Gasteiger partial charge in [0.15, 0.2) is 0 Å². The molecule has 0 aliphatic carbocycles. The maximum absolute atomic E-state index is 9.48. The van der Waals surface area contributed by atoms with Crippen LogP contribution in [0.4, 0.5) is 5.95 Å². The molecule has 2 aromatic rings. The first-order valence-corrected chi connectivity index (χ1v) is 8.74. The van der Waals surface area contributed by atoms with Crippen LogP contribution in [0.3, 0.4) is 0 Å². The Hall–Kier alpha value is -1.27. The lowest BCUT2D eigenvalue weighted by molar-refractivity contribution is 0.208. The maximum atomic E-state index is 9.48. The summed E-state index contributed by atoms with van der Waals surface area (Å²) in [5.74, 6) is 2.30. The van der Waals surface area contributed by atoms with Gasteiger partial charge in [0.05, 0.1) is 12.1 Å². The molecule has 118 valence electrons. The summed E-state index contributed by atoms with van der Waals surface area (Å²) in [4.78, 5) is 7.20. The first-order valence-electron chi connectivity index (χ1n) is 7.94. The monoisotopic (exact) mass is 365 g/mol. The van der Waals surface area contributed by atoms with Gasteiger partial charge in [-0.1, -0.05) is 15.9 Å². The Bertz CT molecular complexity index is 700. The van der Waals surface area contributed by atoms with E-state index in [4.69, 9.17) is 9.72 Å². The molecular weight excluding hydrogens is 346 g/mol. The standard InChI is InChI=1S/C16H20BrN3O2/c17-12-7-13-15-14(8-12)22-6-2-5-20(15)16(18-13)19-4-1-3-11(9-19)10-21/h7-8,11,21H,1-6,9-10H2/t11-/m1/s1. The molecule has 4 rings (SSSR count). The molecule has 0 radical (unpaired) electrons. The Kier molecular flexibility index (Phi) is 3.74. The molecule has 1 fully saturated rings. The fourth-order valence-corrected chi connectivity index (χ4v) is 3.97. The number of aryl methyl sites for hydroxylation is 1. The van der Waals surface area contributed by atoms with E-state index in [0.717, 1.165) is 72.7 Å². The molecule has 5 nitrogen and oxygen atoms in total. The number of anilines is 1. The lowest BCUT2D eigenvalue weighted by Crippen LogP contribution is -2.38. The second kappa shape index (κ2) is 5.74. The van der Waals surface area contributed by atoms with E-state index in [0.29, 0.717) is 5.92 Å². The predicted molar refractivity (Wildman–Crippen MR) is 89.6 cm³/mol. The van der Waals surface area contributed by atoms with Crippen LogP contribution in [-0.2, 0) is 6.54 Å². The molecule has 0 spiro atoms. The molecule has 1 N–H and O–H groups in total. The summed E-state index contributed by atoms with van der Waals surface area (Å²) in [5, 5.41) is 9.48. The van der Waals surface area contributed by atoms with E-state index in [-0.39, 0.29) is 6.61 Å². The van der Waals surface area contributed by atoms with Gasteiger partial charge in [-0.15, -0.1) is 0 Å². The van der Waals surface area contributed by atoms with Crippen molar-refractivity contribution in [3.63, 3.8) is 0 Å². The number of hydrogen-bond acceptors (Lipinski definition) is 4.